The number of fused-ring (bicyclic) bond motifs is 1. The van der Waals surface area contributed by atoms with E-state index in [1.165, 1.54) is 0 Å². The van der Waals surface area contributed by atoms with Crippen molar-refractivity contribution in [3.8, 4) is 5.88 Å². The molecule has 8 nitrogen and oxygen atoms in total. The third-order valence-corrected chi connectivity index (χ3v) is 4.60. The molecule has 3 aromatic rings. The van der Waals surface area contributed by atoms with Crippen molar-refractivity contribution >= 4 is 5.91 Å². The number of nitrogens with zero attached hydrogens (tertiary/aromatic N) is 6. The lowest BCUT2D eigenvalue weighted by atomic mass is 10.1. The summed E-state index contributed by atoms with van der Waals surface area (Å²) in [7, 11) is 3.42. The van der Waals surface area contributed by atoms with Crippen molar-refractivity contribution in [2.45, 2.75) is 19.0 Å². The Balaban J connectivity index is 1.75. The number of amides is 1. The number of pyridine rings is 1. The summed E-state index contributed by atoms with van der Waals surface area (Å²) in [6, 6.07) is 3.16. The van der Waals surface area contributed by atoms with Gasteiger partial charge >= 0.3 is 0 Å². The molecule has 0 aliphatic carbocycles. The lowest BCUT2D eigenvalue weighted by Crippen LogP contribution is -2.36. The van der Waals surface area contributed by atoms with Crippen LogP contribution in [0.1, 0.15) is 34.2 Å². The lowest BCUT2D eigenvalue weighted by molar-refractivity contribution is 0.0706. The van der Waals surface area contributed by atoms with Gasteiger partial charge in [-0.2, -0.15) is 5.10 Å². The van der Waals surface area contributed by atoms with Crippen LogP contribution in [0.2, 0.25) is 0 Å². The molecule has 0 saturated heterocycles. The topological polar surface area (TPSA) is 78.1 Å². The Kier molecular flexibility index (Phi) is 4.16. The van der Waals surface area contributed by atoms with Crippen molar-refractivity contribution in [2.24, 2.45) is 7.05 Å². The van der Waals surface area contributed by atoms with E-state index in [-0.39, 0.29) is 11.9 Å². The fourth-order valence-electron chi connectivity index (χ4n) is 3.36. The van der Waals surface area contributed by atoms with E-state index in [4.69, 9.17) is 4.74 Å². The molecule has 4 heterocycles. The van der Waals surface area contributed by atoms with Crippen LogP contribution in [0.3, 0.4) is 0 Å². The highest BCUT2D eigenvalue weighted by Gasteiger charge is 2.33. The van der Waals surface area contributed by atoms with Crippen LogP contribution in [0.5, 0.6) is 5.88 Å². The SMILES string of the molecule is COc1ccc(C(=O)N2CCCn3ccnc3C2c2cnn(C)c2)cn1. The normalized spacial score (nSPS) is 16.8. The maximum atomic E-state index is 13.3. The van der Waals surface area contributed by atoms with Crippen molar-refractivity contribution in [3.63, 3.8) is 0 Å². The molecular weight excluding hydrogens is 332 g/mol. The maximum Gasteiger partial charge on any atom is 0.256 e. The largest absolute Gasteiger partial charge is 0.481 e. The van der Waals surface area contributed by atoms with Gasteiger partial charge in [0.1, 0.15) is 11.9 Å². The molecule has 4 rings (SSSR count). The highest BCUT2D eigenvalue weighted by molar-refractivity contribution is 5.94. The second-order valence-corrected chi connectivity index (χ2v) is 6.27. The van der Waals surface area contributed by atoms with Gasteiger partial charge in [-0.15, -0.1) is 0 Å². The number of carbonyl (C=O) groups excluding carboxylic acids is 1. The van der Waals surface area contributed by atoms with Crippen molar-refractivity contribution in [2.75, 3.05) is 13.7 Å². The average molecular weight is 352 g/mol. The summed E-state index contributed by atoms with van der Waals surface area (Å²) in [6.45, 7) is 1.46. The van der Waals surface area contributed by atoms with Crippen molar-refractivity contribution in [1.29, 1.82) is 0 Å². The molecule has 1 atom stereocenters. The minimum absolute atomic E-state index is 0.0783. The monoisotopic (exact) mass is 352 g/mol. The van der Waals surface area contributed by atoms with Crippen LogP contribution in [0.15, 0.2) is 43.1 Å². The van der Waals surface area contributed by atoms with E-state index in [1.807, 2.05) is 24.3 Å². The second kappa shape index (κ2) is 6.62. The second-order valence-electron chi connectivity index (χ2n) is 6.27. The molecule has 0 N–H and O–H groups in total. The van der Waals surface area contributed by atoms with Gasteiger partial charge in [0.2, 0.25) is 5.88 Å². The van der Waals surface area contributed by atoms with E-state index in [9.17, 15) is 4.79 Å². The average Bonchev–Trinajstić information content (AvgIpc) is 3.26. The van der Waals surface area contributed by atoms with Gasteiger partial charge in [-0.1, -0.05) is 0 Å². The highest BCUT2D eigenvalue weighted by atomic mass is 16.5. The molecule has 8 heteroatoms. The molecule has 0 fully saturated rings. The lowest BCUT2D eigenvalue weighted by Gasteiger charge is -2.28. The van der Waals surface area contributed by atoms with Crippen molar-refractivity contribution < 1.29 is 9.53 Å². The Morgan fingerprint density at radius 3 is 2.81 bits per heavy atom. The van der Waals surface area contributed by atoms with Gasteiger partial charge in [0, 0.05) is 56.6 Å². The molecule has 1 amide bonds. The Labute approximate surface area is 151 Å². The number of imidazole rings is 1. The number of rotatable bonds is 3. The summed E-state index contributed by atoms with van der Waals surface area (Å²) in [4.78, 5) is 23.8. The summed E-state index contributed by atoms with van der Waals surface area (Å²) >= 11 is 0. The third-order valence-electron chi connectivity index (χ3n) is 4.60. The predicted molar refractivity (Wildman–Crippen MR) is 93.7 cm³/mol. The van der Waals surface area contributed by atoms with Gasteiger partial charge in [0.05, 0.1) is 18.9 Å². The van der Waals surface area contributed by atoms with E-state index in [0.29, 0.717) is 18.0 Å². The van der Waals surface area contributed by atoms with Crippen LogP contribution < -0.4 is 4.74 Å². The van der Waals surface area contributed by atoms with Gasteiger partial charge in [-0.25, -0.2) is 9.97 Å². The van der Waals surface area contributed by atoms with Gasteiger partial charge in [0.15, 0.2) is 0 Å². The van der Waals surface area contributed by atoms with Gasteiger partial charge in [-0.3, -0.25) is 9.48 Å². The number of hydrogen-bond donors (Lipinski definition) is 0. The smallest absolute Gasteiger partial charge is 0.256 e. The minimum atomic E-state index is -0.282. The number of aromatic nitrogens is 5. The van der Waals surface area contributed by atoms with Crippen LogP contribution in [-0.2, 0) is 13.6 Å². The zero-order valence-corrected chi connectivity index (χ0v) is 14.7. The van der Waals surface area contributed by atoms with E-state index >= 15 is 0 Å². The molecular formula is C18H20N6O2. The number of carbonyl (C=O) groups is 1. The van der Waals surface area contributed by atoms with E-state index < -0.39 is 0 Å². The van der Waals surface area contributed by atoms with Gasteiger partial charge < -0.3 is 14.2 Å². The first kappa shape index (κ1) is 16.3. The molecule has 0 radical (unpaired) electrons. The first-order valence-corrected chi connectivity index (χ1v) is 8.48. The van der Waals surface area contributed by atoms with Gasteiger partial charge in [0.25, 0.3) is 5.91 Å². The standard InChI is InChI=1S/C18H20N6O2/c1-22-12-14(11-21-22)16-17-19-6-9-23(17)7-3-8-24(16)18(25)13-4-5-15(26-2)20-10-13/h4-6,9-12,16H,3,7-8H2,1-2H3. The molecule has 0 spiro atoms. The molecule has 1 unspecified atom stereocenters. The quantitative estimate of drug-likeness (QED) is 0.716. The Morgan fingerprint density at radius 2 is 2.12 bits per heavy atom. The van der Waals surface area contributed by atoms with Crippen LogP contribution >= 0.6 is 0 Å². The molecule has 1 aliphatic rings. The number of aryl methyl sites for hydroxylation is 2. The predicted octanol–water partition coefficient (Wildman–Crippen LogP) is 1.66. The molecule has 26 heavy (non-hydrogen) atoms. The van der Waals surface area contributed by atoms with E-state index in [1.54, 1.807) is 42.5 Å². The molecule has 0 aromatic carbocycles. The maximum absolute atomic E-state index is 13.3. The zero-order valence-electron chi connectivity index (χ0n) is 14.7. The molecule has 3 aromatic heterocycles. The summed E-state index contributed by atoms with van der Waals surface area (Å²) in [5, 5.41) is 4.28. The number of methoxy groups -OCH3 is 1. The fourth-order valence-corrected chi connectivity index (χ4v) is 3.36. The number of hydrogen-bond acceptors (Lipinski definition) is 5. The van der Waals surface area contributed by atoms with Crippen molar-refractivity contribution in [1.82, 2.24) is 29.2 Å². The highest BCUT2D eigenvalue weighted by Crippen LogP contribution is 2.31. The molecule has 0 bridgehead atoms. The van der Waals surface area contributed by atoms with E-state index in [2.05, 4.69) is 19.6 Å². The first-order valence-electron chi connectivity index (χ1n) is 8.48. The fraction of sp³-hybridized carbons (Fsp3) is 0.333. The summed E-state index contributed by atoms with van der Waals surface area (Å²) in [5.41, 5.74) is 1.47. The molecule has 134 valence electrons. The Bertz CT molecular complexity index is 914. The van der Waals surface area contributed by atoms with E-state index in [0.717, 1.165) is 24.4 Å². The van der Waals surface area contributed by atoms with Gasteiger partial charge in [-0.05, 0) is 12.5 Å². The summed E-state index contributed by atoms with van der Waals surface area (Å²) in [6.07, 6.45) is 9.88. The third kappa shape index (κ3) is 2.83. The Hall–Kier alpha value is -3.16. The summed E-state index contributed by atoms with van der Waals surface area (Å²) in [5.74, 6) is 1.26. The van der Waals surface area contributed by atoms with Crippen LogP contribution in [-0.4, -0.2) is 48.8 Å². The van der Waals surface area contributed by atoms with Crippen molar-refractivity contribution in [3.05, 3.63) is 60.1 Å². The number of ether oxygens (including phenoxy) is 1. The summed E-state index contributed by atoms with van der Waals surface area (Å²) < 4.78 is 8.93. The van der Waals surface area contributed by atoms with Crippen LogP contribution in [0, 0.1) is 0 Å². The molecule has 1 aliphatic heterocycles. The molecule has 0 saturated carbocycles. The zero-order chi connectivity index (χ0) is 18.1. The first-order chi connectivity index (χ1) is 12.7. The minimum Gasteiger partial charge on any atom is -0.481 e. The van der Waals surface area contributed by atoms with Crippen LogP contribution in [0.25, 0.3) is 0 Å². The van der Waals surface area contributed by atoms with Crippen LogP contribution in [0.4, 0.5) is 0 Å². The Morgan fingerprint density at radius 1 is 1.23 bits per heavy atom.